The van der Waals surface area contributed by atoms with Crippen molar-refractivity contribution in [1.82, 2.24) is 9.88 Å². The number of carbonyl (C=O) groups excluding carboxylic acids is 1. The molecule has 2 amide bonds. The Kier molecular flexibility index (Phi) is 4.56. The molecule has 4 nitrogen and oxygen atoms in total. The number of urea groups is 1. The van der Waals surface area contributed by atoms with E-state index in [1.54, 1.807) is 0 Å². The summed E-state index contributed by atoms with van der Waals surface area (Å²) in [6.07, 6.45) is 0.866. The van der Waals surface area contributed by atoms with Crippen molar-refractivity contribution < 1.29 is 4.79 Å². The van der Waals surface area contributed by atoms with Crippen LogP contribution in [0.1, 0.15) is 6.42 Å². The number of aromatic nitrogens is 1. The number of nitrogens with zero attached hydrogens (tertiary/aromatic N) is 1. The van der Waals surface area contributed by atoms with Crippen molar-refractivity contribution in [2.45, 2.75) is 13.0 Å². The van der Waals surface area contributed by atoms with Crippen LogP contribution >= 0.6 is 0 Å². The van der Waals surface area contributed by atoms with E-state index >= 15 is 0 Å². The zero-order valence-electron chi connectivity index (χ0n) is 14.5. The van der Waals surface area contributed by atoms with E-state index in [0.717, 1.165) is 18.7 Å². The van der Waals surface area contributed by atoms with E-state index < -0.39 is 0 Å². The molecule has 0 fully saturated rings. The summed E-state index contributed by atoms with van der Waals surface area (Å²) < 4.78 is 2.33. The number of benzene rings is 3. The topological polar surface area (TPSA) is 46.1 Å². The number of carbonyl (C=O) groups is 1. The van der Waals surface area contributed by atoms with Gasteiger partial charge in [0.1, 0.15) is 0 Å². The standard InChI is InChI=1S/C22H21N3O/c26-22(24-17-9-2-1-3-10-17)23-15-8-16-25-20-13-6-4-11-18(20)19-12-5-7-14-21(19)25/h1-7,9-14H,8,15-16H2,(H2,23,24,26). The van der Waals surface area contributed by atoms with Crippen molar-refractivity contribution in [3.8, 4) is 0 Å². The smallest absolute Gasteiger partial charge is 0.319 e. The predicted molar refractivity (Wildman–Crippen MR) is 108 cm³/mol. The molecule has 0 atom stereocenters. The van der Waals surface area contributed by atoms with E-state index in [1.165, 1.54) is 21.8 Å². The Morgan fingerprint density at radius 3 is 2.00 bits per heavy atom. The summed E-state index contributed by atoms with van der Waals surface area (Å²) in [4.78, 5) is 12.0. The van der Waals surface area contributed by atoms with E-state index in [-0.39, 0.29) is 6.03 Å². The molecule has 0 radical (unpaired) electrons. The van der Waals surface area contributed by atoms with Crippen LogP contribution in [0, 0.1) is 0 Å². The van der Waals surface area contributed by atoms with Gasteiger partial charge in [-0.3, -0.25) is 0 Å². The largest absolute Gasteiger partial charge is 0.340 e. The van der Waals surface area contributed by atoms with Crippen LogP contribution in [-0.4, -0.2) is 17.1 Å². The lowest BCUT2D eigenvalue weighted by atomic mass is 10.2. The molecule has 0 unspecified atom stereocenters. The van der Waals surface area contributed by atoms with Gasteiger partial charge in [0.15, 0.2) is 0 Å². The molecule has 0 spiro atoms. The highest BCUT2D eigenvalue weighted by Gasteiger charge is 2.09. The minimum absolute atomic E-state index is 0.168. The number of hydrogen-bond donors (Lipinski definition) is 2. The number of fused-ring (bicyclic) bond motifs is 3. The first-order valence-corrected chi connectivity index (χ1v) is 8.89. The lowest BCUT2D eigenvalue weighted by Gasteiger charge is -2.10. The zero-order chi connectivity index (χ0) is 17.8. The molecule has 0 saturated heterocycles. The predicted octanol–water partition coefficient (Wildman–Crippen LogP) is 5.01. The maximum atomic E-state index is 12.0. The maximum absolute atomic E-state index is 12.0. The van der Waals surface area contributed by atoms with Crippen LogP contribution in [0.4, 0.5) is 10.5 Å². The fourth-order valence-electron chi connectivity index (χ4n) is 3.38. The van der Waals surface area contributed by atoms with Crippen LogP contribution < -0.4 is 10.6 Å². The fraction of sp³-hybridized carbons (Fsp3) is 0.136. The summed E-state index contributed by atoms with van der Waals surface area (Å²) in [5.74, 6) is 0. The molecule has 3 aromatic carbocycles. The van der Waals surface area contributed by atoms with Gasteiger partial charge >= 0.3 is 6.03 Å². The minimum atomic E-state index is -0.168. The third kappa shape index (κ3) is 3.26. The average Bonchev–Trinajstić information content (AvgIpc) is 3.00. The molecule has 0 saturated carbocycles. The first-order chi connectivity index (χ1) is 12.8. The van der Waals surface area contributed by atoms with Crippen LogP contribution in [-0.2, 0) is 6.54 Å². The van der Waals surface area contributed by atoms with Gasteiger partial charge in [-0.05, 0) is 30.7 Å². The highest BCUT2D eigenvalue weighted by Crippen LogP contribution is 2.28. The Balaban J connectivity index is 1.41. The molecular weight excluding hydrogens is 322 g/mol. The summed E-state index contributed by atoms with van der Waals surface area (Å²) >= 11 is 0. The molecule has 0 aliphatic carbocycles. The van der Waals surface area contributed by atoms with Crippen LogP contribution in [0.15, 0.2) is 78.9 Å². The summed E-state index contributed by atoms with van der Waals surface area (Å²) in [5.41, 5.74) is 3.28. The average molecular weight is 343 g/mol. The number of anilines is 1. The minimum Gasteiger partial charge on any atom is -0.340 e. The number of rotatable bonds is 5. The van der Waals surface area contributed by atoms with Gasteiger partial charge in [-0.15, -0.1) is 0 Å². The number of amides is 2. The molecule has 2 N–H and O–H groups in total. The lowest BCUT2D eigenvalue weighted by molar-refractivity contribution is 0.252. The Morgan fingerprint density at radius 2 is 1.35 bits per heavy atom. The fourth-order valence-corrected chi connectivity index (χ4v) is 3.38. The van der Waals surface area contributed by atoms with Gasteiger partial charge in [0, 0.05) is 40.6 Å². The van der Waals surface area contributed by atoms with Crippen LogP contribution in [0.3, 0.4) is 0 Å². The van der Waals surface area contributed by atoms with Gasteiger partial charge in [-0.25, -0.2) is 4.79 Å². The third-order valence-corrected chi connectivity index (χ3v) is 4.56. The number of hydrogen-bond acceptors (Lipinski definition) is 1. The first kappa shape index (κ1) is 16.2. The van der Waals surface area contributed by atoms with Gasteiger partial charge in [-0.1, -0.05) is 54.6 Å². The molecule has 130 valence electrons. The Hall–Kier alpha value is -3.27. The number of nitrogens with one attached hydrogen (secondary N) is 2. The molecule has 4 rings (SSSR count). The van der Waals surface area contributed by atoms with Gasteiger partial charge in [0.2, 0.25) is 0 Å². The lowest BCUT2D eigenvalue weighted by Crippen LogP contribution is -2.30. The van der Waals surface area contributed by atoms with Crippen molar-refractivity contribution in [2.24, 2.45) is 0 Å². The summed E-state index contributed by atoms with van der Waals surface area (Å²) in [5, 5.41) is 8.32. The monoisotopic (exact) mass is 343 g/mol. The summed E-state index contributed by atoms with van der Waals surface area (Å²) in [7, 11) is 0. The molecule has 1 aromatic heterocycles. The maximum Gasteiger partial charge on any atom is 0.319 e. The van der Waals surface area contributed by atoms with Crippen LogP contribution in [0.5, 0.6) is 0 Å². The van der Waals surface area contributed by atoms with E-state index in [4.69, 9.17) is 0 Å². The Morgan fingerprint density at radius 1 is 0.769 bits per heavy atom. The highest BCUT2D eigenvalue weighted by molar-refractivity contribution is 6.07. The molecule has 0 aliphatic rings. The van der Waals surface area contributed by atoms with E-state index in [0.29, 0.717) is 6.54 Å². The van der Waals surface area contributed by atoms with Gasteiger partial charge in [0.05, 0.1) is 0 Å². The molecule has 0 bridgehead atoms. The summed E-state index contributed by atoms with van der Waals surface area (Å²) in [6.45, 7) is 1.49. The normalized spacial score (nSPS) is 10.9. The second-order valence-corrected chi connectivity index (χ2v) is 6.29. The van der Waals surface area contributed by atoms with Crippen LogP contribution in [0.2, 0.25) is 0 Å². The Labute approximate surface area is 152 Å². The highest BCUT2D eigenvalue weighted by atomic mass is 16.2. The molecule has 4 aromatic rings. The second kappa shape index (κ2) is 7.31. The van der Waals surface area contributed by atoms with Gasteiger partial charge in [-0.2, -0.15) is 0 Å². The van der Waals surface area contributed by atoms with Gasteiger partial charge < -0.3 is 15.2 Å². The van der Waals surface area contributed by atoms with Crippen molar-refractivity contribution >= 4 is 33.5 Å². The second-order valence-electron chi connectivity index (χ2n) is 6.29. The Bertz CT molecular complexity index is 984. The molecular formula is C22H21N3O. The summed E-state index contributed by atoms with van der Waals surface area (Å²) in [6, 6.07) is 26.3. The molecule has 1 heterocycles. The first-order valence-electron chi connectivity index (χ1n) is 8.89. The van der Waals surface area contributed by atoms with E-state index in [1.807, 2.05) is 30.3 Å². The molecule has 4 heteroatoms. The number of aryl methyl sites for hydroxylation is 1. The van der Waals surface area contributed by atoms with E-state index in [2.05, 4.69) is 63.7 Å². The quantitative estimate of drug-likeness (QED) is 0.492. The van der Waals surface area contributed by atoms with Gasteiger partial charge in [0.25, 0.3) is 0 Å². The van der Waals surface area contributed by atoms with Crippen LogP contribution in [0.25, 0.3) is 21.8 Å². The van der Waals surface area contributed by atoms with Crippen molar-refractivity contribution in [1.29, 1.82) is 0 Å². The third-order valence-electron chi connectivity index (χ3n) is 4.56. The molecule has 26 heavy (non-hydrogen) atoms. The number of para-hydroxylation sites is 3. The van der Waals surface area contributed by atoms with Crippen molar-refractivity contribution in [3.63, 3.8) is 0 Å². The SMILES string of the molecule is O=C(NCCCn1c2ccccc2c2ccccc21)Nc1ccccc1. The van der Waals surface area contributed by atoms with Crippen molar-refractivity contribution in [3.05, 3.63) is 78.9 Å². The molecule has 0 aliphatic heterocycles. The van der Waals surface area contributed by atoms with E-state index in [9.17, 15) is 4.79 Å². The van der Waals surface area contributed by atoms with Crippen molar-refractivity contribution in [2.75, 3.05) is 11.9 Å². The zero-order valence-corrected chi connectivity index (χ0v) is 14.5.